The molecule has 0 unspecified atom stereocenters. The van der Waals surface area contributed by atoms with Gasteiger partial charge in [-0.3, -0.25) is 4.90 Å². The van der Waals surface area contributed by atoms with Crippen molar-refractivity contribution < 1.29 is 39.6 Å². The van der Waals surface area contributed by atoms with E-state index in [1.807, 2.05) is 0 Å². The van der Waals surface area contributed by atoms with Crippen LogP contribution in [0.1, 0.15) is 18.4 Å². The number of aliphatic carboxylic acids is 4. The molecule has 0 atom stereocenters. The molecule has 0 aliphatic carbocycles. The number of aromatic nitrogens is 2. The number of aryl methyl sites for hydroxylation is 1. The number of unbranched alkanes of at least 4 members (excludes halogenated alkanes) is 1. The first-order chi connectivity index (χ1) is 21.6. The zero-order valence-electron chi connectivity index (χ0n) is 24.6. The molecule has 1 aliphatic heterocycles. The topological polar surface area (TPSA) is 184 Å². The standard InChI is InChI=1S/C25H28N4.2C4H4O4/c1-3-10-23-20(7-1)12-13-25(27-23)29-17-15-28(16-18-29)14-6-5-8-21-19-26-24-11-4-2-9-22(21)24;2*5-3(6)1-2-4(7)8/h1-4,7,9-13,19,26H,5-6,8,14-18H2;2*1-2H,(H,5,6)(H,7,8)/b;2*2-1+. The smallest absolute Gasteiger partial charge is 0.328 e. The van der Waals surface area contributed by atoms with Crippen molar-refractivity contribution in [2.75, 3.05) is 37.6 Å². The van der Waals surface area contributed by atoms with Crippen LogP contribution in [0.2, 0.25) is 0 Å². The number of benzene rings is 2. The van der Waals surface area contributed by atoms with Gasteiger partial charge in [-0.15, -0.1) is 0 Å². The molecule has 5 rings (SSSR count). The Labute approximate surface area is 259 Å². The van der Waals surface area contributed by atoms with Crippen LogP contribution in [0.15, 0.2) is 91.2 Å². The lowest BCUT2D eigenvalue weighted by molar-refractivity contribution is -0.134. The van der Waals surface area contributed by atoms with E-state index < -0.39 is 23.9 Å². The van der Waals surface area contributed by atoms with Crippen LogP contribution in [-0.4, -0.2) is 91.9 Å². The Morgan fingerprint density at radius 1 is 0.711 bits per heavy atom. The third kappa shape index (κ3) is 12.0. The van der Waals surface area contributed by atoms with Gasteiger partial charge in [0.05, 0.1) is 5.52 Å². The van der Waals surface area contributed by atoms with Crippen LogP contribution in [0.4, 0.5) is 5.82 Å². The van der Waals surface area contributed by atoms with Crippen LogP contribution in [0, 0.1) is 0 Å². The lowest BCUT2D eigenvalue weighted by Gasteiger charge is -2.35. The summed E-state index contributed by atoms with van der Waals surface area (Å²) in [5.41, 5.74) is 3.79. The second-order valence-electron chi connectivity index (χ2n) is 10.0. The van der Waals surface area contributed by atoms with E-state index in [1.54, 1.807) is 0 Å². The molecule has 12 nitrogen and oxygen atoms in total. The van der Waals surface area contributed by atoms with Crippen LogP contribution >= 0.6 is 0 Å². The average Bonchev–Trinajstić information content (AvgIpc) is 3.45. The third-order valence-electron chi connectivity index (χ3n) is 6.86. The highest BCUT2D eigenvalue weighted by molar-refractivity contribution is 5.90. The Morgan fingerprint density at radius 3 is 1.91 bits per heavy atom. The van der Waals surface area contributed by atoms with Gasteiger partial charge in [-0.1, -0.05) is 36.4 Å². The summed E-state index contributed by atoms with van der Waals surface area (Å²) in [5, 5.41) is 33.8. The number of carbonyl (C=O) groups is 4. The lowest BCUT2D eigenvalue weighted by Crippen LogP contribution is -2.46. The van der Waals surface area contributed by atoms with Crippen molar-refractivity contribution in [3.05, 3.63) is 96.7 Å². The van der Waals surface area contributed by atoms with Crippen molar-refractivity contribution in [1.82, 2.24) is 14.9 Å². The second kappa shape index (κ2) is 17.6. The van der Waals surface area contributed by atoms with Crippen LogP contribution in [0.25, 0.3) is 21.8 Å². The van der Waals surface area contributed by atoms with Gasteiger partial charge in [-0.2, -0.15) is 0 Å². The number of nitrogens with zero attached hydrogens (tertiary/aromatic N) is 3. The minimum atomic E-state index is -1.26. The Morgan fingerprint density at radius 2 is 1.29 bits per heavy atom. The fourth-order valence-electron chi connectivity index (χ4n) is 4.71. The summed E-state index contributed by atoms with van der Waals surface area (Å²) in [6.07, 6.45) is 8.07. The van der Waals surface area contributed by atoms with Crippen molar-refractivity contribution in [1.29, 1.82) is 0 Å². The molecule has 1 saturated heterocycles. The number of rotatable bonds is 10. The molecule has 236 valence electrons. The summed E-state index contributed by atoms with van der Waals surface area (Å²) in [7, 11) is 0. The molecule has 5 N–H and O–H groups in total. The maximum atomic E-state index is 9.55. The number of hydrogen-bond acceptors (Lipinski definition) is 7. The number of aromatic amines is 1. The summed E-state index contributed by atoms with van der Waals surface area (Å²) in [6.45, 7) is 5.58. The van der Waals surface area contributed by atoms with Gasteiger partial charge in [0.15, 0.2) is 0 Å². The van der Waals surface area contributed by atoms with Crippen molar-refractivity contribution in [3.8, 4) is 0 Å². The molecular weight excluding hydrogens is 580 g/mol. The summed E-state index contributed by atoms with van der Waals surface area (Å²) < 4.78 is 0. The van der Waals surface area contributed by atoms with Gasteiger partial charge in [0.25, 0.3) is 0 Å². The zero-order valence-corrected chi connectivity index (χ0v) is 24.6. The molecule has 2 aromatic heterocycles. The van der Waals surface area contributed by atoms with Gasteiger partial charge in [-0.05, 0) is 55.6 Å². The molecular formula is C33H36N4O8. The Balaban J connectivity index is 0.000000287. The molecule has 0 amide bonds. The monoisotopic (exact) mass is 616 g/mol. The number of carboxylic acids is 4. The molecule has 1 aliphatic rings. The normalized spacial score (nSPS) is 13.3. The Kier molecular flexibility index (Phi) is 13.3. The van der Waals surface area contributed by atoms with Crippen LogP contribution in [0.3, 0.4) is 0 Å². The lowest BCUT2D eigenvalue weighted by atomic mass is 10.1. The number of H-pyrrole nitrogens is 1. The number of fused-ring (bicyclic) bond motifs is 2. The molecule has 1 fully saturated rings. The van der Waals surface area contributed by atoms with E-state index in [4.69, 9.17) is 25.4 Å². The third-order valence-corrected chi connectivity index (χ3v) is 6.86. The van der Waals surface area contributed by atoms with Gasteiger partial charge < -0.3 is 30.3 Å². The zero-order chi connectivity index (χ0) is 32.6. The van der Waals surface area contributed by atoms with Crippen molar-refractivity contribution in [2.24, 2.45) is 0 Å². The predicted octanol–water partition coefficient (Wildman–Crippen LogP) is 4.28. The number of hydrogen-bond donors (Lipinski definition) is 5. The first-order valence-corrected chi connectivity index (χ1v) is 14.3. The van der Waals surface area contributed by atoms with E-state index in [-0.39, 0.29) is 0 Å². The van der Waals surface area contributed by atoms with E-state index in [2.05, 4.69) is 81.6 Å². The molecule has 0 radical (unpaired) electrons. The number of anilines is 1. The van der Waals surface area contributed by atoms with Crippen LogP contribution in [0.5, 0.6) is 0 Å². The second-order valence-corrected chi connectivity index (χ2v) is 10.0. The number of para-hydroxylation sites is 2. The van der Waals surface area contributed by atoms with Crippen molar-refractivity contribution >= 4 is 51.5 Å². The summed E-state index contributed by atoms with van der Waals surface area (Å²) >= 11 is 0. The van der Waals surface area contributed by atoms with Crippen LogP contribution in [-0.2, 0) is 25.6 Å². The molecule has 0 spiro atoms. The first-order valence-electron chi connectivity index (χ1n) is 14.3. The molecule has 4 aromatic rings. The van der Waals surface area contributed by atoms with Crippen molar-refractivity contribution in [3.63, 3.8) is 0 Å². The molecule has 45 heavy (non-hydrogen) atoms. The van der Waals surface area contributed by atoms with E-state index in [0.717, 1.165) is 43.9 Å². The van der Waals surface area contributed by atoms with Gasteiger partial charge in [-0.25, -0.2) is 24.2 Å². The highest BCUT2D eigenvalue weighted by Crippen LogP contribution is 2.21. The Hall–Kier alpha value is -5.49. The molecule has 2 aromatic carbocycles. The molecule has 3 heterocycles. The van der Waals surface area contributed by atoms with Crippen molar-refractivity contribution in [2.45, 2.75) is 19.3 Å². The summed E-state index contributed by atoms with van der Waals surface area (Å²) in [4.78, 5) is 51.5. The number of pyridine rings is 1. The van der Waals surface area contributed by atoms with Gasteiger partial charge in [0.2, 0.25) is 0 Å². The SMILES string of the molecule is O=C(O)/C=C/C(=O)O.O=C(O)/C=C/C(=O)O.c1ccc2nc(N3CCN(CCCCc4c[nH]c5ccccc45)CC3)ccc2c1. The minimum Gasteiger partial charge on any atom is -0.478 e. The minimum absolute atomic E-state index is 0.558. The summed E-state index contributed by atoms with van der Waals surface area (Å²) in [5.74, 6) is -3.91. The fourth-order valence-corrected chi connectivity index (χ4v) is 4.71. The number of carboxylic acid groups (broad SMARTS) is 4. The fraction of sp³-hybridized carbons (Fsp3) is 0.242. The average molecular weight is 617 g/mol. The molecule has 12 heteroatoms. The highest BCUT2D eigenvalue weighted by atomic mass is 16.4. The first kappa shape index (κ1) is 34.0. The van der Waals surface area contributed by atoms with E-state index in [0.29, 0.717) is 24.3 Å². The maximum absolute atomic E-state index is 9.55. The van der Waals surface area contributed by atoms with E-state index in [1.165, 1.54) is 41.2 Å². The molecule has 0 saturated carbocycles. The van der Waals surface area contributed by atoms with Gasteiger partial charge in [0, 0.05) is 73.0 Å². The van der Waals surface area contributed by atoms with Crippen LogP contribution < -0.4 is 4.90 Å². The summed E-state index contributed by atoms with van der Waals surface area (Å²) in [6, 6.07) is 21.3. The van der Waals surface area contributed by atoms with E-state index in [9.17, 15) is 19.2 Å². The maximum Gasteiger partial charge on any atom is 0.328 e. The molecule has 0 bridgehead atoms. The van der Waals surface area contributed by atoms with Gasteiger partial charge in [0.1, 0.15) is 5.82 Å². The number of nitrogens with one attached hydrogen (secondary N) is 1. The van der Waals surface area contributed by atoms with E-state index >= 15 is 0 Å². The highest BCUT2D eigenvalue weighted by Gasteiger charge is 2.18. The quantitative estimate of drug-likeness (QED) is 0.127. The number of piperazine rings is 1. The van der Waals surface area contributed by atoms with Gasteiger partial charge >= 0.3 is 23.9 Å². The largest absolute Gasteiger partial charge is 0.478 e. The Bertz CT molecular complexity index is 1590. The predicted molar refractivity (Wildman–Crippen MR) is 170 cm³/mol.